The molecule has 1 heterocycles. The summed E-state index contributed by atoms with van der Waals surface area (Å²) in [7, 11) is 0. The number of fused-ring (bicyclic) bond motifs is 1. The smallest absolute Gasteiger partial charge is 0.124 e. The number of para-hydroxylation sites is 1. The Kier molecular flexibility index (Phi) is 3.86. The number of rotatable bonds is 3. The number of hydrogen-bond acceptors (Lipinski definition) is 2. The lowest BCUT2D eigenvalue weighted by atomic mass is 10.0. The monoisotopic (exact) mass is 300 g/mol. The largest absolute Gasteiger partial charge is 0.324 e. The highest BCUT2D eigenvalue weighted by molar-refractivity contribution is 6.31. The van der Waals surface area contributed by atoms with E-state index < -0.39 is 0 Å². The van der Waals surface area contributed by atoms with E-state index in [1.165, 1.54) is 12.1 Å². The van der Waals surface area contributed by atoms with Crippen molar-refractivity contribution in [2.24, 2.45) is 5.73 Å². The third kappa shape index (κ3) is 3.04. The minimum absolute atomic E-state index is 0.313. The summed E-state index contributed by atoms with van der Waals surface area (Å²) in [6.45, 7) is 0. The normalized spacial score (nSPS) is 12.5. The zero-order valence-electron chi connectivity index (χ0n) is 11.3. The molecular weight excluding hydrogens is 287 g/mol. The maximum atomic E-state index is 13.1. The molecule has 2 N–H and O–H groups in total. The Morgan fingerprint density at radius 3 is 2.71 bits per heavy atom. The molecule has 2 aromatic carbocycles. The first-order valence-corrected chi connectivity index (χ1v) is 7.06. The van der Waals surface area contributed by atoms with Crippen LogP contribution in [0, 0.1) is 5.82 Å². The third-order valence-electron chi connectivity index (χ3n) is 3.45. The van der Waals surface area contributed by atoms with Crippen LogP contribution in [0.1, 0.15) is 17.3 Å². The molecule has 21 heavy (non-hydrogen) atoms. The van der Waals surface area contributed by atoms with E-state index in [2.05, 4.69) is 4.98 Å². The molecule has 0 bridgehead atoms. The Balaban J connectivity index is 1.87. The second kappa shape index (κ2) is 5.80. The van der Waals surface area contributed by atoms with Crippen molar-refractivity contribution in [2.45, 2.75) is 12.5 Å². The molecular formula is C17H14ClFN2. The van der Waals surface area contributed by atoms with Crippen molar-refractivity contribution in [1.29, 1.82) is 0 Å². The van der Waals surface area contributed by atoms with Gasteiger partial charge in [-0.25, -0.2) is 4.39 Å². The van der Waals surface area contributed by atoms with Gasteiger partial charge in [0.05, 0.1) is 5.52 Å². The number of nitrogens with two attached hydrogens (primary N) is 1. The summed E-state index contributed by atoms with van der Waals surface area (Å²) in [5.41, 5.74) is 8.73. The van der Waals surface area contributed by atoms with Crippen LogP contribution in [0.25, 0.3) is 10.9 Å². The van der Waals surface area contributed by atoms with Gasteiger partial charge in [0.25, 0.3) is 0 Å². The maximum absolute atomic E-state index is 13.1. The van der Waals surface area contributed by atoms with Gasteiger partial charge >= 0.3 is 0 Å². The van der Waals surface area contributed by atoms with E-state index in [9.17, 15) is 4.39 Å². The quantitative estimate of drug-likeness (QED) is 0.784. The second-order valence-corrected chi connectivity index (χ2v) is 5.38. The van der Waals surface area contributed by atoms with E-state index in [0.29, 0.717) is 11.4 Å². The molecule has 1 aromatic heterocycles. The summed E-state index contributed by atoms with van der Waals surface area (Å²) in [6, 6.07) is 15.9. The number of halogens is 2. The molecule has 0 saturated carbocycles. The first-order valence-electron chi connectivity index (χ1n) is 6.69. The van der Waals surface area contributed by atoms with Crippen LogP contribution in [0.2, 0.25) is 5.02 Å². The van der Waals surface area contributed by atoms with Gasteiger partial charge in [-0.05, 0) is 29.8 Å². The fraction of sp³-hybridized carbons (Fsp3) is 0.118. The Morgan fingerprint density at radius 1 is 1.10 bits per heavy atom. The zero-order chi connectivity index (χ0) is 14.8. The first kappa shape index (κ1) is 14.0. The van der Waals surface area contributed by atoms with Gasteiger partial charge in [0.2, 0.25) is 0 Å². The fourth-order valence-corrected chi connectivity index (χ4v) is 2.67. The lowest BCUT2D eigenvalue weighted by Crippen LogP contribution is -2.14. The molecule has 1 atom stereocenters. The lowest BCUT2D eigenvalue weighted by Gasteiger charge is -2.13. The van der Waals surface area contributed by atoms with E-state index in [4.69, 9.17) is 17.3 Å². The number of benzene rings is 2. The van der Waals surface area contributed by atoms with Crippen LogP contribution in [-0.4, -0.2) is 4.98 Å². The molecule has 0 spiro atoms. The maximum Gasteiger partial charge on any atom is 0.124 e. The minimum Gasteiger partial charge on any atom is -0.324 e. The Morgan fingerprint density at radius 2 is 1.90 bits per heavy atom. The van der Waals surface area contributed by atoms with Crippen LogP contribution >= 0.6 is 11.6 Å². The molecule has 106 valence electrons. The average molecular weight is 301 g/mol. The standard InChI is InChI=1S/C17H14ClFN2/c18-15-9-12(19)6-8-14(15)16(20)10-13-7-5-11-3-1-2-4-17(11)21-13/h1-9,16H,10,20H2. The molecule has 4 heteroatoms. The molecule has 0 aliphatic heterocycles. The van der Waals surface area contributed by atoms with Gasteiger partial charge in [-0.1, -0.05) is 41.9 Å². The Hall–Kier alpha value is -1.97. The average Bonchev–Trinajstić information content (AvgIpc) is 2.47. The summed E-state index contributed by atoms with van der Waals surface area (Å²) in [4.78, 5) is 4.59. The van der Waals surface area contributed by atoms with E-state index in [-0.39, 0.29) is 11.9 Å². The van der Waals surface area contributed by atoms with Crippen LogP contribution < -0.4 is 5.73 Å². The highest BCUT2D eigenvalue weighted by atomic mass is 35.5. The Bertz CT molecular complexity index is 789. The Labute approximate surface area is 127 Å². The fourth-order valence-electron chi connectivity index (χ4n) is 2.36. The van der Waals surface area contributed by atoms with Gasteiger partial charge in [-0.3, -0.25) is 4.98 Å². The molecule has 3 rings (SSSR count). The summed E-state index contributed by atoms with van der Waals surface area (Å²) >= 11 is 6.05. The summed E-state index contributed by atoms with van der Waals surface area (Å²) in [5, 5.41) is 1.44. The number of nitrogens with zero attached hydrogens (tertiary/aromatic N) is 1. The predicted octanol–water partition coefficient (Wildman–Crippen LogP) is 4.27. The number of pyridine rings is 1. The zero-order valence-corrected chi connectivity index (χ0v) is 12.0. The van der Waals surface area contributed by atoms with Crippen LogP contribution in [-0.2, 0) is 6.42 Å². The van der Waals surface area contributed by atoms with Crippen LogP contribution in [0.3, 0.4) is 0 Å². The van der Waals surface area contributed by atoms with Crippen molar-refractivity contribution < 1.29 is 4.39 Å². The molecule has 1 unspecified atom stereocenters. The van der Waals surface area contributed by atoms with Gasteiger partial charge in [0.15, 0.2) is 0 Å². The number of aromatic nitrogens is 1. The highest BCUT2D eigenvalue weighted by Crippen LogP contribution is 2.25. The van der Waals surface area contributed by atoms with Crippen LogP contribution in [0.5, 0.6) is 0 Å². The minimum atomic E-state index is -0.361. The van der Waals surface area contributed by atoms with Gasteiger partial charge in [0, 0.05) is 28.6 Å². The third-order valence-corrected chi connectivity index (χ3v) is 3.77. The van der Waals surface area contributed by atoms with Crippen molar-refractivity contribution in [2.75, 3.05) is 0 Å². The highest BCUT2D eigenvalue weighted by Gasteiger charge is 2.12. The molecule has 3 aromatic rings. The first-order chi connectivity index (χ1) is 10.1. The molecule has 0 fully saturated rings. The molecule has 0 aliphatic rings. The molecule has 0 saturated heterocycles. The summed E-state index contributed by atoms with van der Waals surface area (Å²) < 4.78 is 13.1. The summed E-state index contributed by atoms with van der Waals surface area (Å²) in [5.74, 6) is -0.361. The molecule has 0 radical (unpaired) electrons. The van der Waals surface area contributed by atoms with E-state index in [0.717, 1.165) is 22.2 Å². The topological polar surface area (TPSA) is 38.9 Å². The molecule has 0 aliphatic carbocycles. The SMILES string of the molecule is NC(Cc1ccc2ccccc2n1)c1ccc(F)cc1Cl. The van der Waals surface area contributed by atoms with Crippen molar-refractivity contribution >= 4 is 22.5 Å². The van der Waals surface area contributed by atoms with Crippen molar-refractivity contribution in [3.05, 3.63) is 76.7 Å². The van der Waals surface area contributed by atoms with Gasteiger partial charge in [0.1, 0.15) is 5.82 Å². The summed E-state index contributed by atoms with van der Waals surface area (Å²) in [6.07, 6.45) is 0.552. The van der Waals surface area contributed by atoms with Crippen LogP contribution in [0.4, 0.5) is 4.39 Å². The van der Waals surface area contributed by atoms with Crippen LogP contribution in [0.15, 0.2) is 54.6 Å². The lowest BCUT2D eigenvalue weighted by molar-refractivity contribution is 0.624. The number of hydrogen-bond donors (Lipinski definition) is 1. The van der Waals surface area contributed by atoms with Gasteiger partial charge < -0.3 is 5.73 Å². The van der Waals surface area contributed by atoms with E-state index in [1.807, 2.05) is 36.4 Å². The second-order valence-electron chi connectivity index (χ2n) is 4.97. The van der Waals surface area contributed by atoms with Crippen molar-refractivity contribution in [1.82, 2.24) is 4.98 Å². The van der Waals surface area contributed by atoms with Gasteiger partial charge in [-0.15, -0.1) is 0 Å². The van der Waals surface area contributed by atoms with Crippen molar-refractivity contribution in [3.8, 4) is 0 Å². The van der Waals surface area contributed by atoms with Crippen molar-refractivity contribution in [3.63, 3.8) is 0 Å². The molecule has 2 nitrogen and oxygen atoms in total. The van der Waals surface area contributed by atoms with Gasteiger partial charge in [-0.2, -0.15) is 0 Å². The molecule has 0 amide bonds. The van der Waals surface area contributed by atoms with E-state index in [1.54, 1.807) is 6.07 Å². The predicted molar refractivity (Wildman–Crippen MR) is 83.8 cm³/mol. The van der Waals surface area contributed by atoms with E-state index >= 15 is 0 Å².